The van der Waals surface area contributed by atoms with Gasteiger partial charge in [-0.05, 0) is 25.8 Å². The molecule has 2 aromatic heterocycles. The van der Waals surface area contributed by atoms with Gasteiger partial charge in [0.25, 0.3) is 0 Å². The molecule has 0 atom stereocenters. The first-order chi connectivity index (χ1) is 12.7. The number of rotatable bonds is 6. The summed E-state index contributed by atoms with van der Waals surface area (Å²) in [7, 11) is 1.52. The number of aromatic nitrogens is 4. The van der Waals surface area contributed by atoms with Gasteiger partial charge in [-0.1, -0.05) is 0 Å². The maximum absolute atomic E-state index is 12.9. The Morgan fingerprint density at radius 3 is 2.67 bits per heavy atom. The molecule has 1 aliphatic carbocycles. The molecule has 0 saturated heterocycles. The number of hydrogen-bond donors (Lipinski definition) is 1. The summed E-state index contributed by atoms with van der Waals surface area (Å²) in [6.07, 6.45) is -1.80. The predicted octanol–water partition coefficient (Wildman–Crippen LogP) is 2.33. The van der Waals surface area contributed by atoms with E-state index in [4.69, 9.17) is 4.74 Å². The van der Waals surface area contributed by atoms with Crippen molar-refractivity contribution in [3.8, 4) is 0 Å². The van der Waals surface area contributed by atoms with E-state index in [1.54, 1.807) is 6.92 Å². The lowest BCUT2D eigenvalue weighted by Gasteiger charge is -2.10. The van der Waals surface area contributed by atoms with Crippen LogP contribution in [0.1, 0.15) is 47.4 Å². The SMILES string of the molecule is CCOC(=O)c1cnn(C)c1NC(=O)Cn1nc(C(F)(F)F)cc1C1CC1. The number of amides is 1. The van der Waals surface area contributed by atoms with E-state index in [2.05, 4.69) is 15.5 Å². The average molecular weight is 385 g/mol. The van der Waals surface area contributed by atoms with Gasteiger partial charge in [-0.3, -0.25) is 14.2 Å². The summed E-state index contributed by atoms with van der Waals surface area (Å²) in [6.45, 7) is 1.39. The van der Waals surface area contributed by atoms with Crippen LogP contribution in [0.5, 0.6) is 0 Å². The molecule has 2 heterocycles. The van der Waals surface area contributed by atoms with Crippen LogP contribution in [0.2, 0.25) is 0 Å². The Bertz CT molecular complexity index is 867. The standard InChI is InChI=1S/C16H18F3N5O3/c1-3-27-15(26)10-7-20-23(2)14(10)21-13(25)8-24-11(9-4-5-9)6-12(22-24)16(17,18)19/h6-7,9H,3-5,8H2,1-2H3,(H,21,25). The molecule has 1 N–H and O–H groups in total. The first kappa shape index (κ1) is 18.9. The maximum Gasteiger partial charge on any atom is 0.435 e. The Kier molecular flexibility index (Phi) is 4.94. The molecule has 0 spiro atoms. The third-order valence-corrected chi connectivity index (χ3v) is 4.08. The molecule has 0 unspecified atom stereocenters. The number of alkyl halides is 3. The van der Waals surface area contributed by atoms with Gasteiger partial charge in [-0.2, -0.15) is 23.4 Å². The van der Waals surface area contributed by atoms with Crippen molar-refractivity contribution in [1.82, 2.24) is 19.6 Å². The molecule has 27 heavy (non-hydrogen) atoms. The number of halogens is 3. The molecule has 0 aromatic carbocycles. The van der Waals surface area contributed by atoms with Crippen LogP contribution in [-0.4, -0.2) is 38.0 Å². The summed E-state index contributed by atoms with van der Waals surface area (Å²) in [6, 6.07) is 0.985. The summed E-state index contributed by atoms with van der Waals surface area (Å²) in [5.41, 5.74) is -0.579. The number of carbonyl (C=O) groups is 2. The van der Waals surface area contributed by atoms with Gasteiger partial charge >= 0.3 is 12.1 Å². The number of esters is 1. The van der Waals surface area contributed by atoms with Gasteiger partial charge in [0.1, 0.15) is 17.9 Å². The number of nitrogens with zero attached hydrogens (tertiary/aromatic N) is 4. The summed E-state index contributed by atoms with van der Waals surface area (Å²) >= 11 is 0. The van der Waals surface area contributed by atoms with Crippen molar-refractivity contribution in [2.75, 3.05) is 11.9 Å². The highest BCUT2D eigenvalue weighted by atomic mass is 19.4. The third kappa shape index (κ3) is 4.12. The summed E-state index contributed by atoms with van der Waals surface area (Å²) in [5.74, 6) is -1.19. The van der Waals surface area contributed by atoms with Crippen LogP contribution in [0.4, 0.5) is 19.0 Å². The summed E-state index contributed by atoms with van der Waals surface area (Å²) in [5, 5.41) is 9.94. The highest BCUT2D eigenvalue weighted by molar-refractivity contribution is 6.00. The number of ether oxygens (including phenoxy) is 1. The number of hydrogen-bond acceptors (Lipinski definition) is 5. The van der Waals surface area contributed by atoms with Crippen molar-refractivity contribution in [3.63, 3.8) is 0 Å². The number of nitrogens with one attached hydrogen (secondary N) is 1. The maximum atomic E-state index is 12.9. The highest BCUT2D eigenvalue weighted by Crippen LogP contribution is 2.42. The van der Waals surface area contributed by atoms with E-state index in [1.165, 1.54) is 17.9 Å². The van der Waals surface area contributed by atoms with E-state index in [9.17, 15) is 22.8 Å². The zero-order valence-corrected chi connectivity index (χ0v) is 14.7. The van der Waals surface area contributed by atoms with Gasteiger partial charge in [0.2, 0.25) is 5.91 Å². The topological polar surface area (TPSA) is 91.0 Å². The van der Waals surface area contributed by atoms with Gasteiger partial charge in [0.15, 0.2) is 5.69 Å². The van der Waals surface area contributed by atoms with Crippen molar-refractivity contribution in [2.45, 2.75) is 38.4 Å². The monoisotopic (exact) mass is 385 g/mol. The molecule has 11 heteroatoms. The zero-order valence-electron chi connectivity index (χ0n) is 14.7. The van der Waals surface area contributed by atoms with Crippen LogP contribution >= 0.6 is 0 Å². The van der Waals surface area contributed by atoms with Crippen molar-refractivity contribution in [2.24, 2.45) is 7.05 Å². The van der Waals surface area contributed by atoms with Crippen LogP contribution in [0.15, 0.2) is 12.3 Å². The molecule has 1 fully saturated rings. The number of anilines is 1. The Labute approximate surface area is 152 Å². The first-order valence-corrected chi connectivity index (χ1v) is 8.34. The molecule has 8 nitrogen and oxygen atoms in total. The van der Waals surface area contributed by atoms with Crippen LogP contribution in [0.25, 0.3) is 0 Å². The lowest BCUT2D eigenvalue weighted by molar-refractivity contribution is -0.141. The van der Waals surface area contributed by atoms with Crippen molar-refractivity contribution >= 4 is 17.7 Å². The molecule has 0 aliphatic heterocycles. The van der Waals surface area contributed by atoms with E-state index in [-0.39, 0.29) is 23.9 Å². The molecule has 146 valence electrons. The van der Waals surface area contributed by atoms with Crippen LogP contribution in [-0.2, 0) is 29.3 Å². The molecule has 0 radical (unpaired) electrons. The molecule has 1 saturated carbocycles. The smallest absolute Gasteiger partial charge is 0.435 e. The molecular weight excluding hydrogens is 367 g/mol. The third-order valence-electron chi connectivity index (χ3n) is 4.08. The van der Waals surface area contributed by atoms with E-state index in [0.717, 1.165) is 23.6 Å². The Morgan fingerprint density at radius 2 is 2.07 bits per heavy atom. The minimum absolute atomic E-state index is 0.0202. The van der Waals surface area contributed by atoms with Gasteiger partial charge in [-0.15, -0.1) is 0 Å². The van der Waals surface area contributed by atoms with Gasteiger partial charge in [0, 0.05) is 18.7 Å². The minimum Gasteiger partial charge on any atom is -0.462 e. The molecule has 2 aromatic rings. The molecule has 3 rings (SSSR count). The quantitative estimate of drug-likeness (QED) is 0.771. The van der Waals surface area contributed by atoms with Gasteiger partial charge < -0.3 is 10.1 Å². The minimum atomic E-state index is -4.58. The number of carbonyl (C=O) groups excluding carboxylic acids is 2. The van der Waals surface area contributed by atoms with Crippen LogP contribution in [0.3, 0.4) is 0 Å². The Balaban J connectivity index is 1.78. The second-order valence-electron chi connectivity index (χ2n) is 6.18. The fraction of sp³-hybridized carbons (Fsp3) is 0.500. The van der Waals surface area contributed by atoms with Gasteiger partial charge in [0.05, 0.1) is 12.8 Å². The summed E-state index contributed by atoms with van der Waals surface area (Å²) in [4.78, 5) is 24.3. The fourth-order valence-corrected chi connectivity index (χ4v) is 2.66. The molecule has 0 bridgehead atoms. The lowest BCUT2D eigenvalue weighted by Crippen LogP contribution is -2.23. The second-order valence-corrected chi connectivity index (χ2v) is 6.18. The van der Waals surface area contributed by atoms with Crippen LogP contribution < -0.4 is 5.32 Å². The largest absolute Gasteiger partial charge is 0.462 e. The van der Waals surface area contributed by atoms with E-state index in [0.29, 0.717) is 5.69 Å². The Hall–Kier alpha value is -2.85. The fourth-order valence-electron chi connectivity index (χ4n) is 2.66. The summed E-state index contributed by atoms with van der Waals surface area (Å²) < 4.78 is 46.0. The average Bonchev–Trinajstić information content (AvgIpc) is 3.23. The molecule has 1 aliphatic rings. The zero-order chi connectivity index (χ0) is 19.8. The highest BCUT2D eigenvalue weighted by Gasteiger charge is 2.38. The first-order valence-electron chi connectivity index (χ1n) is 8.34. The second kappa shape index (κ2) is 7.05. The van der Waals surface area contributed by atoms with Crippen molar-refractivity contribution in [1.29, 1.82) is 0 Å². The normalized spacial score (nSPS) is 14.3. The van der Waals surface area contributed by atoms with Crippen molar-refractivity contribution in [3.05, 3.63) is 29.2 Å². The number of aryl methyl sites for hydroxylation is 1. The lowest BCUT2D eigenvalue weighted by atomic mass is 10.2. The van der Waals surface area contributed by atoms with E-state index in [1.807, 2.05) is 0 Å². The van der Waals surface area contributed by atoms with Gasteiger partial charge in [-0.25, -0.2) is 4.79 Å². The van der Waals surface area contributed by atoms with E-state index < -0.39 is 30.3 Å². The predicted molar refractivity (Wildman–Crippen MR) is 87.0 cm³/mol. The Morgan fingerprint density at radius 1 is 1.37 bits per heavy atom. The van der Waals surface area contributed by atoms with E-state index >= 15 is 0 Å². The van der Waals surface area contributed by atoms with Crippen molar-refractivity contribution < 1.29 is 27.5 Å². The molecule has 1 amide bonds. The van der Waals surface area contributed by atoms with Crippen LogP contribution in [0, 0.1) is 0 Å². The molecular formula is C16H18F3N5O3.